The third-order valence-corrected chi connectivity index (χ3v) is 4.71. The van der Waals surface area contributed by atoms with E-state index in [9.17, 15) is 0 Å². The maximum Gasteiger partial charge on any atom is 0.189 e. The third-order valence-electron chi connectivity index (χ3n) is 4.20. The molecule has 3 aromatic rings. The van der Waals surface area contributed by atoms with Crippen molar-refractivity contribution in [3.8, 4) is 16.9 Å². The van der Waals surface area contributed by atoms with Gasteiger partial charge in [0, 0.05) is 7.11 Å². The molecule has 0 bridgehead atoms. The summed E-state index contributed by atoms with van der Waals surface area (Å²) < 4.78 is 15.9. The molecule has 0 amide bonds. The average molecular weight is 383 g/mol. The molecule has 0 heterocycles. The lowest BCUT2D eigenvalue weighted by molar-refractivity contribution is -0.00849. The van der Waals surface area contributed by atoms with Crippen molar-refractivity contribution in [2.75, 3.05) is 27.1 Å². The average Bonchev–Trinajstić information content (AvgIpc) is 2.74. The highest BCUT2D eigenvalue weighted by Gasteiger charge is 2.12. The molecule has 0 saturated carbocycles. The Morgan fingerprint density at radius 2 is 1.52 bits per heavy atom. The van der Waals surface area contributed by atoms with Crippen LogP contribution in [-0.4, -0.2) is 27.1 Å². The van der Waals surface area contributed by atoms with Crippen molar-refractivity contribution in [3.63, 3.8) is 0 Å². The van der Waals surface area contributed by atoms with Gasteiger partial charge < -0.3 is 14.2 Å². The Morgan fingerprint density at radius 3 is 2.26 bits per heavy atom. The fourth-order valence-corrected chi connectivity index (χ4v) is 3.02. The van der Waals surface area contributed by atoms with Crippen LogP contribution in [0, 0.1) is 0 Å². The van der Waals surface area contributed by atoms with Gasteiger partial charge >= 0.3 is 0 Å². The molecule has 0 aromatic heterocycles. The minimum Gasteiger partial charge on any atom is -0.468 e. The molecule has 0 aliphatic carbocycles. The molecular weight excluding hydrogens is 360 g/mol. The fourth-order valence-electron chi connectivity index (χ4n) is 2.74. The second-order valence-corrected chi connectivity index (χ2v) is 6.52. The number of alkyl halides is 1. The van der Waals surface area contributed by atoms with Crippen molar-refractivity contribution in [2.24, 2.45) is 0 Å². The number of hydrogen-bond acceptors (Lipinski definition) is 3. The van der Waals surface area contributed by atoms with Crippen molar-refractivity contribution in [2.45, 2.75) is 5.38 Å². The quantitative estimate of drug-likeness (QED) is 0.270. The van der Waals surface area contributed by atoms with Gasteiger partial charge in [0.15, 0.2) is 6.79 Å². The number of benzene rings is 3. The molecule has 27 heavy (non-hydrogen) atoms. The van der Waals surface area contributed by atoms with Crippen molar-refractivity contribution < 1.29 is 14.2 Å². The lowest BCUT2D eigenvalue weighted by atomic mass is 10.00. The zero-order valence-electron chi connectivity index (χ0n) is 15.3. The maximum absolute atomic E-state index is 6.70. The van der Waals surface area contributed by atoms with Gasteiger partial charge in [0.05, 0.1) is 18.6 Å². The lowest BCUT2D eigenvalue weighted by Gasteiger charge is -2.13. The normalized spacial score (nSPS) is 11.9. The highest BCUT2D eigenvalue weighted by molar-refractivity contribution is 6.22. The Bertz CT molecular complexity index is 819. The molecular formula is C23H23ClO3. The van der Waals surface area contributed by atoms with Crippen molar-refractivity contribution >= 4 is 11.6 Å². The highest BCUT2D eigenvalue weighted by atomic mass is 35.5. The topological polar surface area (TPSA) is 27.7 Å². The summed E-state index contributed by atoms with van der Waals surface area (Å²) in [7, 11) is 1.64. The van der Waals surface area contributed by atoms with Crippen LogP contribution < -0.4 is 4.74 Å². The largest absolute Gasteiger partial charge is 0.468 e. The van der Waals surface area contributed by atoms with Crippen LogP contribution in [0.2, 0.25) is 0 Å². The van der Waals surface area contributed by atoms with Gasteiger partial charge in [-0.05, 0) is 34.4 Å². The summed E-state index contributed by atoms with van der Waals surface area (Å²) in [5.41, 5.74) is 4.40. The summed E-state index contributed by atoms with van der Waals surface area (Å²) in [5, 5.41) is -0.243. The SMILES string of the molecule is COCCOCOc1cccc(C(Cl)c2ccc(-c3ccccc3)cc2)c1. The summed E-state index contributed by atoms with van der Waals surface area (Å²) in [6.45, 7) is 1.24. The lowest BCUT2D eigenvalue weighted by Crippen LogP contribution is -2.07. The van der Waals surface area contributed by atoms with Gasteiger partial charge in [0.25, 0.3) is 0 Å². The molecule has 0 spiro atoms. The van der Waals surface area contributed by atoms with E-state index in [1.807, 2.05) is 42.5 Å². The first-order chi connectivity index (χ1) is 13.3. The first-order valence-electron chi connectivity index (χ1n) is 8.87. The summed E-state index contributed by atoms with van der Waals surface area (Å²) in [5.74, 6) is 0.733. The molecule has 0 radical (unpaired) electrons. The number of methoxy groups -OCH3 is 1. The highest BCUT2D eigenvalue weighted by Crippen LogP contribution is 2.32. The minimum atomic E-state index is -0.243. The minimum absolute atomic E-state index is 0.186. The van der Waals surface area contributed by atoms with Gasteiger partial charge in [0.2, 0.25) is 0 Å². The van der Waals surface area contributed by atoms with E-state index in [4.69, 9.17) is 25.8 Å². The standard InChI is InChI=1S/C23H23ClO3/c1-25-14-15-26-17-27-22-9-5-8-21(16-22)23(24)20-12-10-19(11-13-20)18-6-3-2-4-7-18/h2-13,16,23H,14-15,17H2,1H3. The van der Waals surface area contributed by atoms with Crippen LogP contribution in [0.5, 0.6) is 5.75 Å². The van der Waals surface area contributed by atoms with E-state index in [2.05, 4.69) is 36.4 Å². The van der Waals surface area contributed by atoms with E-state index in [1.54, 1.807) is 7.11 Å². The van der Waals surface area contributed by atoms with Crippen LogP contribution in [0.25, 0.3) is 11.1 Å². The fraction of sp³-hybridized carbons (Fsp3) is 0.217. The first-order valence-corrected chi connectivity index (χ1v) is 9.30. The van der Waals surface area contributed by atoms with Crippen LogP contribution in [0.4, 0.5) is 0 Å². The molecule has 1 atom stereocenters. The Balaban J connectivity index is 1.65. The number of hydrogen-bond donors (Lipinski definition) is 0. The Kier molecular flexibility index (Phi) is 7.28. The molecule has 0 N–H and O–H groups in total. The second-order valence-electron chi connectivity index (χ2n) is 6.09. The summed E-state index contributed by atoms with van der Waals surface area (Å²) >= 11 is 6.70. The van der Waals surface area contributed by atoms with E-state index in [-0.39, 0.29) is 12.2 Å². The van der Waals surface area contributed by atoms with E-state index in [0.29, 0.717) is 13.2 Å². The Labute approximate surface area is 165 Å². The molecule has 1 unspecified atom stereocenters. The molecule has 140 valence electrons. The zero-order valence-corrected chi connectivity index (χ0v) is 16.1. The van der Waals surface area contributed by atoms with E-state index >= 15 is 0 Å². The number of rotatable bonds is 9. The van der Waals surface area contributed by atoms with E-state index < -0.39 is 0 Å². The van der Waals surface area contributed by atoms with Crippen LogP contribution >= 0.6 is 11.6 Å². The van der Waals surface area contributed by atoms with E-state index in [0.717, 1.165) is 16.9 Å². The van der Waals surface area contributed by atoms with Crippen LogP contribution in [0.1, 0.15) is 16.5 Å². The Morgan fingerprint density at radius 1 is 0.778 bits per heavy atom. The molecule has 0 saturated heterocycles. The van der Waals surface area contributed by atoms with Crippen molar-refractivity contribution in [3.05, 3.63) is 90.0 Å². The predicted octanol–water partition coefficient (Wildman–Crippen LogP) is 5.68. The molecule has 4 heteroatoms. The van der Waals surface area contributed by atoms with Gasteiger partial charge in [0.1, 0.15) is 5.75 Å². The van der Waals surface area contributed by atoms with Gasteiger partial charge in [-0.15, -0.1) is 11.6 Å². The molecule has 3 nitrogen and oxygen atoms in total. The van der Waals surface area contributed by atoms with Crippen LogP contribution in [0.15, 0.2) is 78.9 Å². The molecule has 3 aromatic carbocycles. The molecule has 0 aliphatic heterocycles. The van der Waals surface area contributed by atoms with Gasteiger partial charge in [-0.25, -0.2) is 0 Å². The monoisotopic (exact) mass is 382 g/mol. The van der Waals surface area contributed by atoms with Crippen LogP contribution in [0.3, 0.4) is 0 Å². The van der Waals surface area contributed by atoms with Gasteiger partial charge in [-0.1, -0.05) is 66.7 Å². The zero-order chi connectivity index (χ0) is 18.9. The smallest absolute Gasteiger partial charge is 0.189 e. The predicted molar refractivity (Wildman–Crippen MR) is 109 cm³/mol. The number of halogens is 1. The van der Waals surface area contributed by atoms with Crippen molar-refractivity contribution in [1.29, 1.82) is 0 Å². The third kappa shape index (κ3) is 5.57. The van der Waals surface area contributed by atoms with Crippen molar-refractivity contribution in [1.82, 2.24) is 0 Å². The summed E-state index contributed by atoms with van der Waals surface area (Å²) in [6, 6.07) is 26.4. The van der Waals surface area contributed by atoms with E-state index in [1.165, 1.54) is 11.1 Å². The first kappa shape index (κ1) is 19.4. The van der Waals surface area contributed by atoms with Gasteiger partial charge in [-0.3, -0.25) is 0 Å². The molecule has 0 aliphatic rings. The summed E-state index contributed by atoms with van der Waals surface area (Å²) in [6.07, 6.45) is 0. The maximum atomic E-state index is 6.70. The summed E-state index contributed by atoms with van der Waals surface area (Å²) in [4.78, 5) is 0. The molecule has 0 fully saturated rings. The second kappa shape index (κ2) is 10.1. The van der Waals surface area contributed by atoms with Crippen LogP contribution in [-0.2, 0) is 9.47 Å². The Hall–Kier alpha value is -2.33. The number of ether oxygens (including phenoxy) is 3. The molecule has 3 rings (SSSR count). The van der Waals surface area contributed by atoms with Gasteiger partial charge in [-0.2, -0.15) is 0 Å².